The molecule has 0 aliphatic rings. The van der Waals surface area contributed by atoms with Crippen LogP contribution in [0, 0.1) is 5.92 Å². The Morgan fingerprint density at radius 2 is 1.94 bits per heavy atom. The standard InChI is InChI=1S/C11H22N2O3/c1-5-8(9(12)14)6-7-13-10(15)16-11(2,3)4/h8H,5-7H2,1-4H3,(H2,12,14)(H,13,15). The highest BCUT2D eigenvalue weighted by Gasteiger charge is 2.17. The Bertz CT molecular complexity index is 246. The number of hydrogen-bond acceptors (Lipinski definition) is 3. The summed E-state index contributed by atoms with van der Waals surface area (Å²) in [6.45, 7) is 7.68. The van der Waals surface area contributed by atoms with Gasteiger partial charge >= 0.3 is 6.09 Å². The van der Waals surface area contributed by atoms with Gasteiger partial charge in [0.2, 0.25) is 5.91 Å². The van der Waals surface area contributed by atoms with Crippen LogP contribution in [-0.2, 0) is 9.53 Å². The normalized spacial score (nSPS) is 13.0. The lowest BCUT2D eigenvalue weighted by atomic mass is 10.0. The Morgan fingerprint density at radius 3 is 2.31 bits per heavy atom. The number of ether oxygens (including phenoxy) is 1. The molecule has 0 bridgehead atoms. The number of primary amides is 1. The van der Waals surface area contributed by atoms with Gasteiger partial charge in [0.1, 0.15) is 5.60 Å². The minimum Gasteiger partial charge on any atom is -0.444 e. The maximum Gasteiger partial charge on any atom is 0.407 e. The van der Waals surface area contributed by atoms with Crippen molar-refractivity contribution in [1.29, 1.82) is 0 Å². The van der Waals surface area contributed by atoms with Gasteiger partial charge in [0.15, 0.2) is 0 Å². The van der Waals surface area contributed by atoms with Gasteiger partial charge in [0.05, 0.1) is 0 Å². The molecule has 0 heterocycles. The molecule has 16 heavy (non-hydrogen) atoms. The van der Waals surface area contributed by atoms with Gasteiger partial charge in [0.25, 0.3) is 0 Å². The summed E-state index contributed by atoms with van der Waals surface area (Å²) < 4.78 is 5.05. The second-order valence-electron chi connectivity index (χ2n) is 4.72. The fraction of sp³-hybridized carbons (Fsp3) is 0.818. The number of amides is 2. The lowest BCUT2D eigenvalue weighted by Crippen LogP contribution is -2.34. The van der Waals surface area contributed by atoms with E-state index in [1.54, 1.807) is 20.8 Å². The lowest BCUT2D eigenvalue weighted by Gasteiger charge is -2.20. The van der Waals surface area contributed by atoms with Crippen molar-refractivity contribution in [2.45, 2.75) is 46.1 Å². The van der Waals surface area contributed by atoms with Crippen molar-refractivity contribution in [3.05, 3.63) is 0 Å². The van der Waals surface area contributed by atoms with Crippen LogP contribution < -0.4 is 11.1 Å². The highest BCUT2D eigenvalue weighted by atomic mass is 16.6. The number of hydrogen-bond donors (Lipinski definition) is 2. The first-order valence-corrected chi connectivity index (χ1v) is 5.52. The minimum absolute atomic E-state index is 0.185. The molecule has 94 valence electrons. The fourth-order valence-electron chi connectivity index (χ4n) is 1.21. The molecule has 5 nitrogen and oxygen atoms in total. The molecule has 5 heteroatoms. The van der Waals surface area contributed by atoms with Crippen molar-refractivity contribution in [3.8, 4) is 0 Å². The largest absolute Gasteiger partial charge is 0.444 e. The van der Waals surface area contributed by atoms with Crippen LogP contribution in [0.3, 0.4) is 0 Å². The lowest BCUT2D eigenvalue weighted by molar-refractivity contribution is -0.122. The van der Waals surface area contributed by atoms with Gasteiger partial charge in [-0.1, -0.05) is 6.92 Å². The van der Waals surface area contributed by atoms with Gasteiger partial charge in [-0.3, -0.25) is 4.79 Å². The van der Waals surface area contributed by atoms with E-state index in [-0.39, 0.29) is 11.8 Å². The minimum atomic E-state index is -0.502. The molecule has 1 atom stereocenters. The predicted octanol–water partition coefficient (Wildman–Crippen LogP) is 1.41. The molecule has 0 aliphatic carbocycles. The SMILES string of the molecule is CCC(CCNC(=O)OC(C)(C)C)C(N)=O. The van der Waals surface area contributed by atoms with Gasteiger partial charge in [-0.05, 0) is 33.6 Å². The van der Waals surface area contributed by atoms with Crippen LogP contribution in [0.5, 0.6) is 0 Å². The smallest absolute Gasteiger partial charge is 0.407 e. The summed E-state index contributed by atoms with van der Waals surface area (Å²) in [6, 6.07) is 0. The van der Waals surface area contributed by atoms with Crippen LogP contribution >= 0.6 is 0 Å². The van der Waals surface area contributed by atoms with Crippen LogP contribution in [0.2, 0.25) is 0 Å². The van der Waals surface area contributed by atoms with Crippen LogP contribution in [0.15, 0.2) is 0 Å². The summed E-state index contributed by atoms with van der Waals surface area (Å²) in [5.41, 5.74) is 4.68. The summed E-state index contributed by atoms with van der Waals surface area (Å²) in [7, 11) is 0. The van der Waals surface area contributed by atoms with E-state index in [4.69, 9.17) is 10.5 Å². The fourth-order valence-corrected chi connectivity index (χ4v) is 1.21. The van der Waals surface area contributed by atoms with Crippen LogP contribution in [0.1, 0.15) is 40.5 Å². The summed E-state index contributed by atoms with van der Waals surface area (Å²) in [5, 5.41) is 2.59. The molecule has 0 spiro atoms. The van der Waals surface area contributed by atoms with Gasteiger partial charge in [-0.15, -0.1) is 0 Å². The first-order chi connectivity index (χ1) is 7.26. The van der Waals surface area contributed by atoms with Crippen LogP contribution in [-0.4, -0.2) is 24.1 Å². The predicted molar refractivity (Wildman–Crippen MR) is 61.8 cm³/mol. The molecule has 0 aliphatic heterocycles. The highest BCUT2D eigenvalue weighted by molar-refractivity contribution is 5.76. The molecular formula is C11H22N2O3. The molecule has 0 aromatic heterocycles. The molecule has 0 rings (SSSR count). The van der Waals surface area contributed by atoms with E-state index in [1.807, 2.05) is 6.92 Å². The molecule has 0 saturated carbocycles. The van der Waals surface area contributed by atoms with E-state index >= 15 is 0 Å². The molecule has 0 radical (unpaired) electrons. The van der Waals surface area contributed by atoms with Crippen LogP contribution in [0.4, 0.5) is 4.79 Å². The third-order valence-electron chi connectivity index (χ3n) is 2.06. The van der Waals surface area contributed by atoms with E-state index < -0.39 is 11.7 Å². The molecule has 3 N–H and O–H groups in total. The van der Waals surface area contributed by atoms with E-state index in [1.165, 1.54) is 0 Å². The molecule has 0 aromatic rings. The topological polar surface area (TPSA) is 81.4 Å². The molecule has 2 amide bonds. The zero-order chi connectivity index (χ0) is 12.8. The van der Waals surface area contributed by atoms with Gasteiger partial charge in [0, 0.05) is 12.5 Å². The second kappa shape index (κ2) is 6.35. The van der Waals surface area contributed by atoms with E-state index in [0.29, 0.717) is 19.4 Å². The Labute approximate surface area is 96.7 Å². The third-order valence-corrected chi connectivity index (χ3v) is 2.06. The maximum atomic E-state index is 11.2. The average molecular weight is 230 g/mol. The van der Waals surface area contributed by atoms with Crippen molar-refractivity contribution in [1.82, 2.24) is 5.32 Å². The van der Waals surface area contributed by atoms with Gasteiger partial charge < -0.3 is 15.8 Å². The van der Waals surface area contributed by atoms with Crippen molar-refractivity contribution < 1.29 is 14.3 Å². The first kappa shape index (κ1) is 14.7. The van der Waals surface area contributed by atoms with Crippen molar-refractivity contribution in [3.63, 3.8) is 0 Å². The monoisotopic (exact) mass is 230 g/mol. The molecular weight excluding hydrogens is 208 g/mol. The third kappa shape index (κ3) is 7.09. The Morgan fingerprint density at radius 1 is 1.38 bits per heavy atom. The Balaban J connectivity index is 3.81. The zero-order valence-electron chi connectivity index (χ0n) is 10.5. The van der Waals surface area contributed by atoms with Crippen molar-refractivity contribution >= 4 is 12.0 Å². The van der Waals surface area contributed by atoms with Crippen molar-refractivity contribution in [2.75, 3.05) is 6.54 Å². The van der Waals surface area contributed by atoms with Crippen LogP contribution in [0.25, 0.3) is 0 Å². The molecule has 1 unspecified atom stereocenters. The molecule has 0 fully saturated rings. The summed E-state index contributed by atoms with van der Waals surface area (Å²) in [4.78, 5) is 22.2. The Hall–Kier alpha value is -1.26. The van der Waals surface area contributed by atoms with Crippen molar-refractivity contribution in [2.24, 2.45) is 11.7 Å². The zero-order valence-corrected chi connectivity index (χ0v) is 10.5. The number of nitrogens with one attached hydrogen (secondary N) is 1. The average Bonchev–Trinajstić information content (AvgIpc) is 2.08. The van der Waals surface area contributed by atoms with E-state index in [9.17, 15) is 9.59 Å². The Kier molecular flexibility index (Phi) is 5.85. The van der Waals surface area contributed by atoms with Gasteiger partial charge in [-0.25, -0.2) is 4.79 Å². The molecule has 0 saturated heterocycles. The number of rotatable bonds is 5. The summed E-state index contributed by atoms with van der Waals surface area (Å²) in [5.74, 6) is -0.511. The number of carbonyl (C=O) groups is 2. The summed E-state index contributed by atoms with van der Waals surface area (Å²) >= 11 is 0. The number of alkyl carbamates (subject to hydrolysis) is 1. The number of nitrogens with two attached hydrogens (primary N) is 1. The number of carbonyl (C=O) groups excluding carboxylic acids is 2. The highest BCUT2D eigenvalue weighted by Crippen LogP contribution is 2.08. The van der Waals surface area contributed by atoms with E-state index in [0.717, 1.165) is 0 Å². The second-order valence-corrected chi connectivity index (χ2v) is 4.72. The van der Waals surface area contributed by atoms with Gasteiger partial charge in [-0.2, -0.15) is 0 Å². The van der Waals surface area contributed by atoms with E-state index in [2.05, 4.69) is 5.32 Å². The first-order valence-electron chi connectivity index (χ1n) is 5.52. The quantitative estimate of drug-likeness (QED) is 0.749. The summed E-state index contributed by atoms with van der Waals surface area (Å²) in [6.07, 6.45) is 0.767. The molecule has 0 aromatic carbocycles. The maximum absolute atomic E-state index is 11.2.